The van der Waals surface area contributed by atoms with E-state index in [4.69, 9.17) is 0 Å². The number of amides is 1. The molecule has 28 heavy (non-hydrogen) atoms. The Bertz CT molecular complexity index is 888. The molecule has 3 rings (SSSR count). The van der Waals surface area contributed by atoms with Crippen LogP contribution in [0.2, 0.25) is 0 Å². The summed E-state index contributed by atoms with van der Waals surface area (Å²) >= 11 is 0. The summed E-state index contributed by atoms with van der Waals surface area (Å²) in [5.74, 6) is -0.0683. The molecule has 1 heterocycles. The number of nitrogens with zero attached hydrogens (tertiary/aromatic N) is 2. The maximum Gasteiger partial charge on any atom is 0.251 e. The molecule has 7 heteroatoms. The van der Waals surface area contributed by atoms with Crippen molar-refractivity contribution in [1.82, 2.24) is 14.5 Å². The number of hydrogen-bond donors (Lipinski definition) is 1. The molecular formula is C21H27N3O3S. The predicted molar refractivity (Wildman–Crippen MR) is 110 cm³/mol. The summed E-state index contributed by atoms with van der Waals surface area (Å²) in [5, 5.41) is 2.88. The largest absolute Gasteiger partial charge is 0.350 e. The molecule has 0 radical (unpaired) electrons. The average Bonchev–Trinajstić information content (AvgIpc) is 2.69. The second-order valence-corrected chi connectivity index (χ2v) is 9.26. The first-order chi connectivity index (χ1) is 13.4. The van der Waals surface area contributed by atoms with Gasteiger partial charge in [-0.25, -0.2) is 8.42 Å². The lowest BCUT2D eigenvalue weighted by Crippen LogP contribution is -2.48. The highest BCUT2D eigenvalue weighted by Gasteiger charge is 2.28. The lowest BCUT2D eigenvalue weighted by Gasteiger charge is -2.34. The second-order valence-electron chi connectivity index (χ2n) is 7.32. The summed E-state index contributed by atoms with van der Waals surface area (Å²) in [6.45, 7) is 6.93. The third-order valence-electron chi connectivity index (χ3n) is 4.75. The molecule has 150 valence electrons. The van der Waals surface area contributed by atoms with Gasteiger partial charge < -0.3 is 5.32 Å². The van der Waals surface area contributed by atoms with Gasteiger partial charge in [-0.1, -0.05) is 30.3 Å². The first-order valence-electron chi connectivity index (χ1n) is 9.53. The number of benzene rings is 2. The molecule has 0 spiro atoms. The Morgan fingerprint density at radius 3 is 2.14 bits per heavy atom. The van der Waals surface area contributed by atoms with Crippen molar-refractivity contribution in [2.75, 3.05) is 26.2 Å². The average molecular weight is 402 g/mol. The molecule has 6 nitrogen and oxygen atoms in total. The molecule has 1 aliphatic heterocycles. The van der Waals surface area contributed by atoms with Gasteiger partial charge in [-0.05, 0) is 43.7 Å². The summed E-state index contributed by atoms with van der Waals surface area (Å²) in [7, 11) is -3.42. The molecule has 0 atom stereocenters. The van der Waals surface area contributed by atoms with Crippen molar-refractivity contribution in [2.24, 2.45) is 0 Å². The highest BCUT2D eigenvalue weighted by Crippen LogP contribution is 2.18. The zero-order chi connectivity index (χ0) is 20.1. The first kappa shape index (κ1) is 20.5. The Balaban J connectivity index is 1.55. The number of carbonyl (C=O) groups is 1. The minimum absolute atomic E-state index is 0.0683. The van der Waals surface area contributed by atoms with E-state index in [-0.39, 0.29) is 11.9 Å². The molecular weight excluding hydrogens is 374 g/mol. The Kier molecular flexibility index (Phi) is 6.49. The molecule has 1 saturated heterocycles. The Morgan fingerprint density at radius 1 is 0.964 bits per heavy atom. The molecule has 0 saturated carbocycles. The van der Waals surface area contributed by atoms with Gasteiger partial charge in [0.15, 0.2) is 0 Å². The van der Waals surface area contributed by atoms with E-state index in [2.05, 4.69) is 10.2 Å². The summed E-state index contributed by atoms with van der Waals surface area (Å²) in [5.41, 5.74) is 1.76. The van der Waals surface area contributed by atoms with E-state index < -0.39 is 10.0 Å². The van der Waals surface area contributed by atoms with Crippen molar-refractivity contribution in [1.29, 1.82) is 0 Å². The van der Waals surface area contributed by atoms with Gasteiger partial charge in [-0.3, -0.25) is 9.69 Å². The fourth-order valence-electron chi connectivity index (χ4n) is 3.23. The molecule has 0 unspecified atom stereocenters. The van der Waals surface area contributed by atoms with Crippen molar-refractivity contribution in [3.63, 3.8) is 0 Å². The summed E-state index contributed by atoms with van der Waals surface area (Å²) in [4.78, 5) is 14.6. The van der Waals surface area contributed by atoms with E-state index in [1.165, 1.54) is 0 Å². The molecule has 0 aromatic heterocycles. The highest BCUT2D eigenvalue weighted by atomic mass is 32.2. The zero-order valence-corrected chi connectivity index (χ0v) is 17.2. The van der Waals surface area contributed by atoms with Crippen LogP contribution in [0, 0.1) is 0 Å². The molecule has 1 amide bonds. The number of piperazine rings is 1. The topological polar surface area (TPSA) is 69.7 Å². The predicted octanol–water partition coefficient (Wildman–Crippen LogP) is 2.33. The maximum absolute atomic E-state index is 12.7. The van der Waals surface area contributed by atoms with Gasteiger partial charge in [-0.2, -0.15) is 4.31 Å². The number of nitrogens with one attached hydrogen (secondary N) is 1. The second kappa shape index (κ2) is 8.86. The number of sulfonamides is 1. The van der Waals surface area contributed by atoms with Crippen molar-refractivity contribution < 1.29 is 13.2 Å². The summed E-state index contributed by atoms with van der Waals surface area (Å²) in [6.07, 6.45) is 0. The lowest BCUT2D eigenvalue weighted by molar-refractivity contribution is 0.0943. The van der Waals surface area contributed by atoms with Crippen LogP contribution in [-0.4, -0.2) is 55.8 Å². The van der Waals surface area contributed by atoms with Crippen molar-refractivity contribution in [3.05, 3.63) is 65.7 Å². The highest BCUT2D eigenvalue weighted by molar-refractivity contribution is 7.89. The minimum Gasteiger partial charge on any atom is -0.350 e. The van der Waals surface area contributed by atoms with Gasteiger partial charge in [0, 0.05) is 44.3 Å². The van der Waals surface area contributed by atoms with Crippen LogP contribution in [0.25, 0.3) is 0 Å². The molecule has 2 aromatic carbocycles. The van der Waals surface area contributed by atoms with Gasteiger partial charge in [0.2, 0.25) is 10.0 Å². The van der Waals surface area contributed by atoms with Gasteiger partial charge in [-0.15, -0.1) is 0 Å². The summed E-state index contributed by atoms with van der Waals surface area (Å²) < 4.78 is 27.0. The normalized spacial score (nSPS) is 16.2. The molecule has 1 aliphatic rings. The maximum atomic E-state index is 12.7. The number of hydrogen-bond acceptors (Lipinski definition) is 4. The smallest absolute Gasteiger partial charge is 0.251 e. The van der Waals surface area contributed by atoms with Gasteiger partial charge in [0.1, 0.15) is 0 Å². The van der Waals surface area contributed by atoms with E-state index in [1.807, 2.05) is 44.2 Å². The van der Waals surface area contributed by atoms with Gasteiger partial charge >= 0.3 is 0 Å². The fourth-order valence-corrected chi connectivity index (χ4v) is 4.68. The molecule has 0 bridgehead atoms. The van der Waals surface area contributed by atoms with Crippen molar-refractivity contribution >= 4 is 15.9 Å². The molecule has 0 aliphatic carbocycles. The third kappa shape index (κ3) is 4.98. The Hall–Kier alpha value is -2.22. The zero-order valence-electron chi connectivity index (χ0n) is 16.3. The van der Waals surface area contributed by atoms with Crippen LogP contribution in [0.15, 0.2) is 59.5 Å². The van der Waals surface area contributed by atoms with Crippen LogP contribution in [0.3, 0.4) is 0 Å². The standard InChI is InChI=1S/C21H27N3O3S/c1-17(2)22-21(25)19-10-8-18(9-11-19)16-23-12-14-24(15-13-23)28(26,27)20-6-4-3-5-7-20/h3-11,17H,12-16H2,1-2H3,(H,22,25). The molecule has 2 aromatic rings. The Morgan fingerprint density at radius 2 is 1.57 bits per heavy atom. The van der Waals surface area contributed by atoms with E-state index >= 15 is 0 Å². The van der Waals surface area contributed by atoms with Crippen molar-refractivity contribution in [2.45, 2.75) is 31.3 Å². The Labute approximate surface area is 167 Å². The van der Waals surface area contributed by atoms with Crippen LogP contribution in [0.1, 0.15) is 29.8 Å². The monoisotopic (exact) mass is 401 g/mol. The van der Waals surface area contributed by atoms with Gasteiger partial charge in [0.25, 0.3) is 5.91 Å². The number of carbonyl (C=O) groups excluding carboxylic acids is 1. The molecule has 1 fully saturated rings. The summed E-state index contributed by atoms with van der Waals surface area (Å²) in [6, 6.07) is 16.3. The van der Waals surface area contributed by atoms with E-state index in [1.54, 1.807) is 28.6 Å². The number of rotatable bonds is 6. The van der Waals surface area contributed by atoms with Crippen LogP contribution in [-0.2, 0) is 16.6 Å². The van der Waals surface area contributed by atoms with E-state index in [0.29, 0.717) is 36.6 Å². The van der Waals surface area contributed by atoms with E-state index in [0.717, 1.165) is 12.1 Å². The van der Waals surface area contributed by atoms with Crippen molar-refractivity contribution in [3.8, 4) is 0 Å². The quantitative estimate of drug-likeness (QED) is 0.807. The fraction of sp³-hybridized carbons (Fsp3) is 0.381. The third-order valence-corrected chi connectivity index (χ3v) is 6.67. The van der Waals surface area contributed by atoms with Crippen LogP contribution in [0.4, 0.5) is 0 Å². The lowest BCUT2D eigenvalue weighted by atomic mass is 10.1. The molecule has 1 N–H and O–H groups in total. The van der Waals surface area contributed by atoms with Crippen LogP contribution >= 0.6 is 0 Å². The van der Waals surface area contributed by atoms with E-state index in [9.17, 15) is 13.2 Å². The van der Waals surface area contributed by atoms with Crippen LogP contribution in [0.5, 0.6) is 0 Å². The SMILES string of the molecule is CC(C)NC(=O)c1ccc(CN2CCN(S(=O)(=O)c3ccccc3)CC2)cc1. The minimum atomic E-state index is -3.42. The van der Waals surface area contributed by atoms with Crippen LogP contribution < -0.4 is 5.32 Å². The first-order valence-corrected chi connectivity index (χ1v) is 11.0. The van der Waals surface area contributed by atoms with Gasteiger partial charge in [0.05, 0.1) is 4.90 Å².